The number of hydrogen-bond donors (Lipinski definition) is 1. The summed E-state index contributed by atoms with van der Waals surface area (Å²) < 4.78 is 6.30. The zero-order chi connectivity index (χ0) is 16.3. The summed E-state index contributed by atoms with van der Waals surface area (Å²) in [6.07, 6.45) is 0. The lowest BCUT2D eigenvalue weighted by atomic mass is 10.1. The molecule has 0 spiro atoms. The molecule has 4 aromatic rings. The number of nitrogen functional groups attached to an aromatic ring is 1. The van der Waals surface area contributed by atoms with Gasteiger partial charge in [-0.3, -0.25) is 5.84 Å². The second-order valence-electron chi connectivity index (χ2n) is 6.24. The fraction of sp³-hybridized carbons (Fsp3) is 0.211. The molecule has 0 radical (unpaired) electrons. The van der Waals surface area contributed by atoms with Crippen molar-refractivity contribution in [3.05, 3.63) is 59.4 Å². The third-order valence-electron chi connectivity index (χ3n) is 4.88. The Morgan fingerprint density at radius 2 is 1.57 bits per heavy atom. The number of benzene rings is 2. The van der Waals surface area contributed by atoms with Crippen LogP contribution in [0.1, 0.15) is 17.0 Å². The first-order chi connectivity index (χ1) is 11.0. The molecule has 23 heavy (non-hydrogen) atoms. The third kappa shape index (κ3) is 1.69. The molecule has 0 saturated heterocycles. The van der Waals surface area contributed by atoms with E-state index in [-0.39, 0.29) is 0 Å². The van der Waals surface area contributed by atoms with Crippen LogP contribution in [0.4, 0.5) is 0 Å². The highest BCUT2D eigenvalue weighted by Gasteiger charge is 2.28. The molecule has 0 unspecified atom stereocenters. The van der Waals surface area contributed by atoms with Crippen molar-refractivity contribution in [1.29, 1.82) is 0 Å². The summed E-state index contributed by atoms with van der Waals surface area (Å²) in [6, 6.07) is 14.9. The maximum atomic E-state index is 6.36. The predicted molar refractivity (Wildman–Crippen MR) is 94.3 cm³/mol. The average molecular weight is 305 g/mol. The first-order valence-corrected chi connectivity index (χ1v) is 7.84. The van der Waals surface area contributed by atoms with E-state index in [1.165, 1.54) is 27.7 Å². The summed E-state index contributed by atoms with van der Waals surface area (Å²) in [7, 11) is 2.07. The fourth-order valence-corrected chi connectivity index (χ4v) is 3.62. The number of para-hydroxylation sites is 2. The SMILES string of the molecule is Cc1cccc(C)c1-n1c2ccccc2c2c1[n+](C)c(C)n2N. The van der Waals surface area contributed by atoms with Crippen LogP contribution in [0.15, 0.2) is 42.5 Å². The van der Waals surface area contributed by atoms with E-state index in [0.29, 0.717) is 0 Å². The normalized spacial score (nSPS) is 11.7. The minimum Gasteiger partial charge on any atom is -0.291 e. The van der Waals surface area contributed by atoms with Gasteiger partial charge in [0, 0.05) is 6.92 Å². The minimum atomic E-state index is 1.03. The first kappa shape index (κ1) is 13.9. The maximum Gasteiger partial charge on any atom is 0.276 e. The number of aryl methyl sites for hydroxylation is 3. The van der Waals surface area contributed by atoms with Gasteiger partial charge in [0.2, 0.25) is 11.3 Å². The molecule has 4 heteroatoms. The Balaban J connectivity index is 2.32. The Bertz CT molecular complexity index is 1050. The zero-order valence-corrected chi connectivity index (χ0v) is 14.0. The summed E-state index contributed by atoms with van der Waals surface area (Å²) in [5.41, 5.74) is 7.14. The van der Waals surface area contributed by atoms with Crippen molar-refractivity contribution in [1.82, 2.24) is 9.24 Å². The molecule has 0 bridgehead atoms. The Morgan fingerprint density at radius 3 is 2.26 bits per heavy atom. The molecule has 2 heterocycles. The summed E-state index contributed by atoms with van der Waals surface area (Å²) >= 11 is 0. The Kier molecular flexibility index (Phi) is 2.79. The fourth-order valence-electron chi connectivity index (χ4n) is 3.62. The predicted octanol–water partition coefficient (Wildman–Crippen LogP) is 3.05. The van der Waals surface area contributed by atoms with Gasteiger partial charge in [-0.05, 0) is 37.1 Å². The van der Waals surface area contributed by atoms with Gasteiger partial charge < -0.3 is 0 Å². The lowest BCUT2D eigenvalue weighted by Gasteiger charge is -2.09. The van der Waals surface area contributed by atoms with E-state index >= 15 is 0 Å². The van der Waals surface area contributed by atoms with Gasteiger partial charge in [-0.15, -0.1) is 0 Å². The summed E-state index contributed by atoms with van der Waals surface area (Å²) in [5, 5.41) is 1.18. The first-order valence-electron chi connectivity index (χ1n) is 7.84. The van der Waals surface area contributed by atoms with Gasteiger partial charge in [-0.25, -0.2) is 9.13 Å². The highest BCUT2D eigenvalue weighted by Crippen LogP contribution is 2.32. The van der Waals surface area contributed by atoms with Crippen molar-refractivity contribution < 1.29 is 4.57 Å². The monoisotopic (exact) mass is 305 g/mol. The van der Waals surface area contributed by atoms with Gasteiger partial charge >= 0.3 is 0 Å². The van der Waals surface area contributed by atoms with E-state index in [4.69, 9.17) is 5.84 Å². The third-order valence-corrected chi connectivity index (χ3v) is 4.88. The molecule has 2 aromatic heterocycles. The van der Waals surface area contributed by atoms with Gasteiger partial charge in [0.25, 0.3) is 5.65 Å². The minimum absolute atomic E-state index is 1.03. The molecule has 0 amide bonds. The standard InChI is InChI=1S/C19H21N4/c1-12-8-7-9-13(2)17(12)22-16-11-6-5-10-15(16)18-19(22)21(4)14(3)23(18)20/h5-11H,20H2,1-4H3/q+1. The van der Waals surface area contributed by atoms with E-state index < -0.39 is 0 Å². The van der Waals surface area contributed by atoms with Crippen molar-refractivity contribution in [2.24, 2.45) is 7.05 Å². The summed E-state index contributed by atoms with van der Waals surface area (Å²) in [4.78, 5) is 0. The molecule has 0 aliphatic heterocycles. The second kappa shape index (κ2) is 4.62. The van der Waals surface area contributed by atoms with Gasteiger partial charge in [-0.1, -0.05) is 30.3 Å². The molecule has 0 aliphatic carbocycles. The van der Waals surface area contributed by atoms with Crippen LogP contribution in [-0.4, -0.2) is 9.24 Å². The Morgan fingerprint density at radius 1 is 0.913 bits per heavy atom. The number of fused-ring (bicyclic) bond motifs is 3. The Labute approximate surface area is 135 Å². The highest BCUT2D eigenvalue weighted by molar-refractivity contribution is 6.05. The van der Waals surface area contributed by atoms with Crippen molar-refractivity contribution in [3.63, 3.8) is 0 Å². The van der Waals surface area contributed by atoms with Crippen molar-refractivity contribution in [3.8, 4) is 5.69 Å². The molecule has 0 aliphatic rings. The maximum absolute atomic E-state index is 6.36. The lowest BCUT2D eigenvalue weighted by Crippen LogP contribution is -2.34. The molecule has 2 aromatic carbocycles. The molecule has 4 nitrogen and oxygen atoms in total. The topological polar surface area (TPSA) is 39.8 Å². The number of hydrogen-bond acceptors (Lipinski definition) is 1. The van der Waals surface area contributed by atoms with E-state index in [2.05, 4.69) is 72.5 Å². The van der Waals surface area contributed by atoms with Crippen LogP contribution in [0.2, 0.25) is 0 Å². The zero-order valence-electron chi connectivity index (χ0n) is 14.0. The van der Waals surface area contributed by atoms with Crippen LogP contribution >= 0.6 is 0 Å². The largest absolute Gasteiger partial charge is 0.291 e. The van der Waals surface area contributed by atoms with Crippen LogP contribution in [0.5, 0.6) is 0 Å². The lowest BCUT2D eigenvalue weighted by molar-refractivity contribution is -0.654. The van der Waals surface area contributed by atoms with Crippen LogP contribution in [0.3, 0.4) is 0 Å². The highest BCUT2D eigenvalue weighted by atomic mass is 15.4. The van der Waals surface area contributed by atoms with Crippen LogP contribution < -0.4 is 10.4 Å². The van der Waals surface area contributed by atoms with E-state index in [1.54, 1.807) is 4.68 Å². The van der Waals surface area contributed by atoms with E-state index in [1.807, 2.05) is 6.92 Å². The van der Waals surface area contributed by atoms with Gasteiger partial charge in [-0.2, -0.15) is 4.68 Å². The molecule has 0 fully saturated rings. The van der Waals surface area contributed by atoms with Gasteiger partial charge in [0.1, 0.15) is 11.2 Å². The molecule has 0 atom stereocenters. The van der Waals surface area contributed by atoms with E-state index in [9.17, 15) is 0 Å². The van der Waals surface area contributed by atoms with Gasteiger partial charge in [0.15, 0.2) is 0 Å². The number of rotatable bonds is 1. The van der Waals surface area contributed by atoms with Crippen molar-refractivity contribution in [2.75, 3.05) is 5.84 Å². The number of nitrogens with two attached hydrogens (primary N) is 1. The molecular weight excluding hydrogens is 284 g/mol. The number of nitrogens with zero attached hydrogens (tertiary/aromatic N) is 3. The molecule has 2 N–H and O–H groups in total. The van der Waals surface area contributed by atoms with Gasteiger partial charge in [0.05, 0.1) is 12.4 Å². The van der Waals surface area contributed by atoms with Crippen LogP contribution in [-0.2, 0) is 7.05 Å². The quantitative estimate of drug-likeness (QED) is 0.426. The number of imidazole rings is 1. The van der Waals surface area contributed by atoms with E-state index in [0.717, 1.165) is 17.0 Å². The summed E-state index contributed by atoms with van der Waals surface area (Å²) in [6.45, 7) is 6.37. The smallest absolute Gasteiger partial charge is 0.276 e. The molecular formula is C19H21N4+. The average Bonchev–Trinajstić information content (AvgIpc) is 2.98. The van der Waals surface area contributed by atoms with Crippen LogP contribution in [0.25, 0.3) is 27.8 Å². The van der Waals surface area contributed by atoms with Crippen molar-refractivity contribution in [2.45, 2.75) is 20.8 Å². The second-order valence-corrected chi connectivity index (χ2v) is 6.24. The number of aromatic nitrogens is 3. The van der Waals surface area contributed by atoms with Crippen LogP contribution in [0, 0.1) is 20.8 Å². The Hall–Kier alpha value is -2.75. The van der Waals surface area contributed by atoms with Crippen molar-refractivity contribution >= 4 is 22.1 Å². The summed E-state index contributed by atoms with van der Waals surface area (Å²) in [5.74, 6) is 7.38. The molecule has 4 rings (SSSR count). The molecule has 0 saturated carbocycles. The molecule has 116 valence electrons.